The molecule has 1 rings (SSSR count). The highest BCUT2D eigenvalue weighted by atomic mass is 79.9. The van der Waals surface area contributed by atoms with Gasteiger partial charge in [-0.2, -0.15) is 0 Å². The molecule has 0 heterocycles. The van der Waals surface area contributed by atoms with Crippen LogP contribution in [-0.4, -0.2) is 36.7 Å². The number of hydrogen-bond donors (Lipinski definition) is 2. The van der Waals surface area contributed by atoms with Gasteiger partial charge in [0.2, 0.25) is 0 Å². The number of ether oxygens (including phenoxy) is 1. The lowest BCUT2D eigenvalue weighted by molar-refractivity contribution is -0.148. The molecule has 0 aliphatic rings. The standard InChI is InChI=1S/C12H14BrNO4/c1-7-3-8(5-9(13)4-7)11(15)14-6-10(18-2)12(16)17/h3-5,10H,6H2,1-2H3,(H,14,15)(H,16,17). The van der Waals surface area contributed by atoms with E-state index < -0.39 is 12.1 Å². The van der Waals surface area contributed by atoms with Crippen LogP contribution in [0.3, 0.4) is 0 Å². The third-order valence-electron chi connectivity index (χ3n) is 2.31. The molecule has 98 valence electrons. The van der Waals surface area contributed by atoms with Gasteiger partial charge in [0.05, 0.1) is 6.54 Å². The molecule has 6 heteroatoms. The first kappa shape index (κ1) is 14.7. The zero-order valence-electron chi connectivity index (χ0n) is 10.1. The van der Waals surface area contributed by atoms with Gasteiger partial charge in [0, 0.05) is 17.1 Å². The molecule has 0 saturated heterocycles. The second kappa shape index (κ2) is 6.51. The van der Waals surface area contributed by atoms with Crippen LogP contribution in [0.15, 0.2) is 22.7 Å². The van der Waals surface area contributed by atoms with E-state index in [1.807, 2.05) is 13.0 Å². The Morgan fingerprint density at radius 1 is 1.44 bits per heavy atom. The van der Waals surface area contributed by atoms with Crippen molar-refractivity contribution < 1.29 is 19.4 Å². The van der Waals surface area contributed by atoms with Crippen molar-refractivity contribution in [3.05, 3.63) is 33.8 Å². The number of rotatable bonds is 5. The van der Waals surface area contributed by atoms with Crippen molar-refractivity contribution in [2.45, 2.75) is 13.0 Å². The van der Waals surface area contributed by atoms with Gasteiger partial charge in [-0.15, -0.1) is 0 Å². The fraction of sp³-hybridized carbons (Fsp3) is 0.333. The minimum Gasteiger partial charge on any atom is -0.479 e. The normalized spacial score (nSPS) is 11.9. The van der Waals surface area contributed by atoms with Gasteiger partial charge in [-0.05, 0) is 30.7 Å². The van der Waals surface area contributed by atoms with Crippen LogP contribution in [0.2, 0.25) is 0 Å². The maximum atomic E-state index is 11.8. The molecule has 1 unspecified atom stereocenters. The van der Waals surface area contributed by atoms with Gasteiger partial charge in [0.1, 0.15) is 0 Å². The number of halogens is 1. The first-order chi connectivity index (χ1) is 8.43. The quantitative estimate of drug-likeness (QED) is 0.865. The molecule has 0 aromatic heterocycles. The average molecular weight is 316 g/mol. The lowest BCUT2D eigenvalue weighted by atomic mass is 10.1. The number of carboxylic acids is 1. The molecule has 1 aromatic carbocycles. The zero-order chi connectivity index (χ0) is 13.7. The Morgan fingerprint density at radius 2 is 2.11 bits per heavy atom. The number of methoxy groups -OCH3 is 1. The van der Waals surface area contributed by atoms with Crippen LogP contribution in [0.5, 0.6) is 0 Å². The minimum atomic E-state index is -1.11. The van der Waals surface area contributed by atoms with E-state index in [2.05, 4.69) is 21.2 Å². The Balaban J connectivity index is 2.68. The molecule has 0 aliphatic carbocycles. The van der Waals surface area contributed by atoms with Crippen LogP contribution in [-0.2, 0) is 9.53 Å². The van der Waals surface area contributed by atoms with E-state index in [4.69, 9.17) is 9.84 Å². The van der Waals surface area contributed by atoms with E-state index in [1.165, 1.54) is 7.11 Å². The van der Waals surface area contributed by atoms with E-state index in [0.29, 0.717) is 5.56 Å². The van der Waals surface area contributed by atoms with E-state index in [1.54, 1.807) is 12.1 Å². The Labute approximate surface area is 113 Å². The van der Waals surface area contributed by atoms with Crippen molar-refractivity contribution in [3.63, 3.8) is 0 Å². The number of amides is 1. The molecule has 5 nitrogen and oxygen atoms in total. The van der Waals surface area contributed by atoms with Crippen LogP contribution < -0.4 is 5.32 Å². The van der Waals surface area contributed by atoms with Crippen LogP contribution in [0.1, 0.15) is 15.9 Å². The monoisotopic (exact) mass is 315 g/mol. The summed E-state index contributed by atoms with van der Waals surface area (Å²) in [6.45, 7) is 1.80. The highest BCUT2D eigenvalue weighted by molar-refractivity contribution is 9.10. The zero-order valence-corrected chi connectivity index (χ0v) is 11.7. The first-order valence-corrected chi connectivity index (χ1v) is 6.04. The molecule has 0 fully saturated rings. The number of hydrogen-bond acceptors (Lipinski definition) is 3. The minimum absolute atomic E-state index is 0.0732. The van der Waals surface area contributed by atoms with Crippen LogP contribution >= 0.6 is 15.9 Å². The Morgan fingerprint density at radius 3 is 2.61 bits per heavy atom. The molecule has 0 bridgehead atoms. The lowest BCUT2D eigenvalue weighted by Gasteiger charge is -2.12. The van der Waals surface area contributed by atoms with E-state index >= 15 is 0 Å². The molecule has 1 aromatic rings. The number of aryl methyl sites for hydroxylation is 1. The molecule has 0 spiro atoms. The highest BCUT2D eigenvalue weighted by Gasteiger charge is 2.17. The summed E-state index contributed by atoms with van der Waals surface area (Å²) in [7, 11) is 1.29. The van der Waals surface area contributed by atoms with Crippen molar-refractivity contribution >= 4 is 27.8 Å². The first-order valence-electron chi connectivity index (χ1n) is 5.25. The van der Waals surface area contributed by atoms with E-state index in [0.717, 1.165) is 10.0 Å². The van der Waals surface area contributed by atoms with Gasteiger partial charge >= 0.3 is 5.97 Å². The molecule has 0 aliphatic heterocycles. The molecule has 0 radical (unpaired) electrons. The van der Waals surface area contributed by atoms with Crippen molar-refractivity contribution in [1.29, 1.82) is 0 Å². The molecule has 0 saturated carbocycles. The highest BCUT2D eigenvalue weighted by Crippen LogP contribution is 2.15. The maximum absolute atomic E-state index is 11.8. The summed E-state index contributed by atoms with van der Waals surface area (Å²) in [5.41, 5.74) is 1.41. The number of carboxylic acid groups (broad SMARTS) is 1. The topological polar surface area (TPSA) is 75.6 Å². The third kappa shape index (κ3) is 4.12. The summed E-state index contributed by atoms with van der Waals surface area (Å²) in [6, 6.07) is 5.28. The summed E-state index contributed by atoms with van der Waals surface area (Å²) < 4.78 is 5.52. The number of carbonyl (C=O) groups is 2. The second-order valence-corrected chi connectivity index (χ2v) is 4.71. The Bertz CT molecular complexity index is 441. The summed E-state index contributed by atoms with van der Waals surface area (Å²) >= 11 is 3.30. The van der Waals surface area contributed by atoms with E-state index in [-0.39, 0.29) is 12.5 Å². The number of carbonyl (C=O) groups excluding carboxylic acids is 1. The van der Waals surface area contributed by atoms with Crippen molar-refractivity contribution in [2.24, 2.45) is 0 Å². The third-order valence-corrected chi connectivity index (χ3v) is 2.77. The predicted molar refractivity (Wildman–Crippen MR) is 69.6 cm³/mol. The smallest absolute Gasteiger partial charge is 0.334 e. The number of benzene rings is 1. The summed E-state index contributed by atoms with van der Waals surface area (Å²) in [5, 5.41) is 11.3. The largest absolute Gasteiger partial charge is 0.479 e. The van der Waals surface area contributed by atoms with Crippen LogP contribution in [0.4, 0.5) is 0 Å². The number of nitrogens with one attached hydrogen (secondary N) is 1. The Kier molecular flexibility index (Phi) is 5.30. The van der Waals surface area contributed by atoms with Gasteiger partial charge in [-0.25, -0.2) is 4.79 Å². The maximum Gasteiger partial charge on any atom is 0.334 e. The predicted octanol–water partition coefficient (Wildman–Crippen LogP) is 1.59. The number of aliphatic carboxylic acids is 1. The summed E-state index contributed by atoms with van der Waals surface area (Å²) in [5.74, 6) is -1.44. The van der Waals surface area contributed by atoms with Crippen molar-refractivity contribution in [1.82, 2.24) is 5.32 Å². The van der Waals surface area contributed by atoms with Gasteiger partial charge in [-0.1, -0.05) is 15.9 Å². The van der Waals surface area contributed by atoms with Gasteiger partial charge in [-0.3, -0.25) is 4.79 Å². The Hall–Kier alpha value is -1.40. The average Bonchev–Trinajstić information content (AvgIpc) is 2.27. The second-order valence-electron chi connectivity index (χ2n) is 3.79. The molecular weight excluding hydrogens is 302 g/mol. The van der Waals surface area contributed by atoms with Gasteiger partial charge < -0.3 is 15.2 Å². The summed E-state index contributed by atoms with van der Waals surface area (Å²) in [6.07, 6.45) is -1.04. The fourth-order valence-corrected chi connectivity index (χ4v) is 2.03. The molecule has 1 atom stereocenters. The molecule has 18 heavy (non-hydrogen) atoms. The van der Waals surface area contributed by atoms with E-state index in [9.17, 15) is 9.59 Å². The summed E-state index contributed by atoms with van der Waals surface area (Å²) in [4.78, 5) is 22.5. The van der Waals surface area contributed by atoms with Crippen molar-refractivity contribution in [2.75, 3.05) is 13.7 Å². The van der Waals surface area contributed by atoms with Gasteiger partial charge in [0.15, 0.2) is 6.10 Å². The fourth-order valence-electron chi connectivity index (χ4n) is 1.43. The van der Waals surface area contributed by atoms with Crippen molar-refractivity contribution in [3.8, 4) is 0 Å². The lowest BCUT2D eigenvalue weighted by Crippen LogP contribution is -2.37. The van der Waals surface area contributed by atoms with Crippen LogP contribution in [0, 0.1) is 6.92 Å². The molecule has 1 amide bonds. The SMILES string of the molecule is COC(CNC(=O)c1cc(C)cc(Br)c1)C(=O)O. The molecule has 2 N–H and O–H groups in total. The van der Waals surface area contributed by atoms with Crippen LogP contribution in [0.25, 0.3) is 0 Å². The van der Waals surface area contributed by atoms with Gasteiger partial charge in [0.25, 0.3) is 5.91 Å². The molecular formula is C12H14BrNO4.